The van der Waals surface area contributed by atoms with Crippen LogP contribution in [0.2, 0.25) is 0 Å². The van der Waals surface area contributed by atoms with Gasteiger partial charge < -0.3 is 11.1 Å². The number of hydrogen-bond donors (Lipinski definition) is 2. The van der Waals surface area contributed by atoms with E-state index in [0.717, 1.165) is 13.1 Å². The molecule has 0 spiro atoms. The quantitative estimate of drug-likeness (QED) is 0.568. The fourth-order valence-corrected chi connectivity index (χ4v) is 0.545. The summed E-state index contributed by atoms with van der Waals surface area (Å²) in [6, 6.07) is 0. The molecule has 0 aromatic carbocycles. The molecule has 1 unspecified atom stereocenters. The van der Waals surface area contributed by atoms with Gasteiger partial charge in [-0.05, 0) is 6.54 Å². The van der Waals surface area contributed by atoms with Crippen LogP contribution in [-0.4, -0.2) is 18.1 Å². The van der Waals surface area contributed by atoms with E-state index in [1.165, 1.54) is 0 Å². The van der Waals surface area contributed by atoms with Gasteiger partial charge in [0, 0.05) is 12.5 Å². The monoisotopic (exact) mass is 146 g/mol. The Morgan fingerprint density at radius 2 is 2.33 bits per heavy atom. The van der Waals surface area contributed by atoms with Crippen molar-refractivity contribution < 1.29 is 0 Å². The molecule has 0 rings (SSSR count). The van der Waals surface area contributed by atoms with Gasteiger partial charge in [0.25, 0.3) is 0 Å². The van der Waals surface area contributed by atoms with Crippen LogP contribution in [-0.2, 0) is 0 Å². The van der Waals surface area contributed by atoms with Gasteiger partial charge >= 0.3 is 0 Å². The maximum atomic E-state index is 5.37. The molecule has 0 aromatic rings. The lowest BCUT2D eigenvalue weighted by atomic mass is 10.2. The lowest BCUT2D eigenvalue weighted by molar-refractivity contribution is 0.637. The average molecular weight is 146 g/mol. The van der Waals surface area contributed by atoms with Crippen molar-refractivity contribution in [3.63, 3.8) is 0 Å². The Morgan fingerprint density at radius 3 is 2.67 bits per heavy atom. The second-order valence-electron chi connectivity index (χ2n) is 2.11. The molecule has 0 amide bonds. The molecule has 0 aliphatic rings. The van der Waals surface area contributed by atoms with Crippen LogP contribution >= 0.6 is 12.2 Å². The molecule has 0 aromatic heterocycles. The molecule has 0 heterocycles. The van der Waals surface area contributed by atoms with E-state index in [0.29, 0.717) is 10.9 Å². The molecule has 0 saturated heterocycles. The lowest BCUT2D eigenvalue weighted by Gasteiger charge is -2.08. The van der Waals surface area contributed by atoms with E-state index in [9.17, 15) is 0 Å². The van der Waals surface area contributed by atoms with Crippen molar-refractivity contribution in [1.82, 2.24) is 5.32 Å². The average Bonchev–Trinajstić information content (AvgIpc) is 1.82. The first-order valence-electron chi connectivity index (χ1n) is 3.18. The van der Waals surface area contributed by atoms with Gasteiger partial charge in [0.1, 0.15) is 0 Å². The summed E-state index contributed by atoms with van der Waals surface area (Å²) in [5.41, 5.74) is 5.37. The minimum absolute atomic E-state index is 0.319. The van der Waals surface area contributed by atoms with Crippen molar-refractivity contribution >= 4 is 17.2 Å². The van der Waals surface area contributed by atoms with E-state index in [2.05, 4.69) is 12.2 Å². The Hall–Kier alpha value is -0.150. The van der Waals surface area contributed by atoms with Crippen molar-refractivity contribution in [2.24, 2.45) is 11.7 Å². The zero-order valence-electron chi connectivity index (χ0n) is 5.98. The summed E-state index contributed by atoms with van der Waals surface area (Å²) in [7, 11) is 0. The molecule has 0 aliphatic carbocycles. The molecule has 2 nitrogen and oxygen atoms in total. The highest BCUT2D eigenvalue weighted by atomic mass is 32.1. The van der Waals surface area contributed by atoms with Crippen LogP contribution in [0.1, 0.15) is 13.8 Å². The SMILES string of the molecule is CCNCC(C)C(N)=S. The maximum Gasteiger partial charge on any atom is 0.0768 e. The minimum Gasteiger partial charge on any atom is -0.393 e. The van der Waals surface area contributed by atoms with E-state index in [4.69, 9.17) is 18.0 Å². The topological polar surface area (TPSA) is 38.0 Å². The number of thiocarbonyl (C=S) groups is 1. The van der Waals surface area contributed by atoms with Crippen LogP contribution in [0.4, 0.5) is 0 Å². The summed E-state index contributed by atoms with van der Waals surface area (Å²) in [6.07, 6.45) is 0. The third-order valence-electron chi connectivity index (χ3n) is 1.19. The number of nitrogens with two attached hydrogens (primary N) is 1. The highest BCUT2D eigenvalue weighted by molar-refractivity contribution is 7.80. The van der Waals surface area contributed by atoms with Crippen molar-refractivity contribution in [3.8, 4) is 0 Å². The van der Waals surface area contributed by atoms with Gasteiger partial charge in [-0.25, -0.2) is 0 Å². The Labute approximate surface area is 61.8 Å². The Balaban J connectivity index is 3.27. The van der Waals surface area contributed by atoms with Crippen LogP contribution in [0, 0.1) is 5.92 Å². The van der Waals surface area contributed by atoms with E-state index >= 15 is 0 Å². The standard InChI is InChI=1S/C6H14N2S/c1-3-8-4-5(2)6(7)9/h5,8H,3-4H2,1-2H3,(H2,7,9). The predicted octanol–water partition coefficient (Wildman–Crippen LogP) is 0.518. The minimum atomic E-state index is 0.319. The second-order valence-corrected chi connectivity index (χ2v) is 2.58. The van der Waals surface area contributed by atoms with Crippen LogP contribution in [0.15, 0.2) is 0 Å². The van der Waals surface area contributed by atoms with E-state index < -0.39 is 0 Å². The molecule has 54 valence electrons. The highest BCUT2D eigenvalue weighted by Gasteiger charge is 2.01. The van der Waals surface area contributed by atoms with Gasteiger partial charge in [0.15, 0.2) is 0 Å². The van der Waals surface area contributed by atoms with E-state index in [-0.39, 0.29) is 0 Å². The molecule has 1 atom stereocenters. The van der Waals surface area contributed by atoms with Crippen LogP contribution in [0.3, 0.4) is 0 Å². The van der Waals surface area contributed by atoms with Crippen molar-refractivity contribution in [3.05, 3.63) is 0 Å². The lowest BCUT2D eigenvalue weighted by Crippen LogP contribution is -2.29. The summed E-state index contributed by atoms with van der Waals surface area (Å²) in [6.45, 7) is 5.95. The first kappa shape index (κ1) is 8.85. The summed E-state index contributed by atoms with van der Waals surface area (Å²) < 4.78 is 0. The Morgan fingerprint density at radius 1 is 1.78 bits per heavy atom. The van der Waals surface area contributed by atoms with E-state index in [1.807, 2.05) is 6.92 Å². The van der Waals surface area contributed by atoms with Gasteiger partial charge in [-0.1, -0.05) is 26.1 Å². The molecule has 9 heavy (non-hydrogen) atoms. The van der Waals surface area contributed by atoms with Crippen LogP contribution in [0.5, 0.6) is 0 Å². The third-order valence-corrected chi connectivity index (χ3v) is 1.59. The number of rotatable bonds is 4. The smallest absolute Gasteiger partial charge is 0.0768 e. The molecule has 3 heteroatoms. The largest absolute Gasteiger partial charge is 0.393 e. The summed E-state index contributed by atoms with van der Waals surface area (Å²) in [4.78, 5) is 0.593. The molecule has 0 aliphatic heterocycles. The molecule has 3 N–H and O–H groups in total. The summed E-state index contributed by atoms with van der Waals surface area (Å²) >= 11 is 4.77. The van der Waals surface area contributed by atoms with Gasteiger partial charge in [-0.2, -0.15) is 0 Å². The second kappa shape index (κ2) is 4.70. The molecule has 0 bridgehead atoms. The molecule has 0 saturated carbocycles. The predicted molar refractivity (Wildman–Crippen MR) is 44.5 cm³/mol. The van der Waals surface area contributed by atoms with E-state index in [1.54, 1.807) is 0 Å². The highest BCUT2D eigenvalue weighted by Crippen LogP contribution is 1.90. The van der Waals surface area contributed by atoms with Gasteiger partial charge in [0.05, 0.1) is 4.99 Å². The summed E-state index contributed by atoms with van der Waals surface area (Å²) in [5.74, 6) is 0.319. The normalized spacial score (nSPS) is 13.1. The van der Waals surface area contributed by atoms with Crippen LogP contribution in [0.25, 0.3) is 0 Å². The zero-order valence-corrected chi connectivity index (χ0v) is 6.79. The fraction of sp³-hybridized carbons (Fsp3) is 0.833. The molecule has 0 radical (unpaired) electrons. The van der Waals surface area contributed by atoms with Crippen molar-refractivity contribution in [2.75, 3.05) is 13.1 Å². The molecular formula is C6H14N2S. The molecule has 0 fully saturated rings. The number of nitrogens with one attached hydrogen (secondary N) is 1. The van der Waals surface area contributed by atoms with Crippen molar-refractivity contribution in [2.45, 2.75) is 13.8 Å². The van der Waals surface area contributed by atoms with Gasteiger partial charge in [-0.3, -0.25) is 0 Å². The van der Waals surface area contributed by atoms with Crippen molar-refractivity contribution in [1.29, 1.82) is 0 Å². The Bertz CT molecular complexity index is 93.1. The van der Waals surface area contributed by atoms with Gasteiger partial charge in [-0.15, -0.1) is 0 Å². The third kappa shape index (κ3) is 4.36. The maximum absolute atomic E-state index is 5.37. The first-order chi connectivity index (χ1) is 4.18. The zero-order chi connectivity index (χ0) is 7.28. The Kier molecular flexibility index (Phi) is 4.62. The van der Waals surface area contributed by atoms with Crippen LogP contribution < -0.4 is 11.1 Å². The number of hydrogen-bond acceptors (Lipinski definition) is 2. The molecular weight excluding hydrogens is 132 g/mol. The first-order valence-corrected chi connectivity index (χ1v) is 3.59. The summed E-state index contributed by atoms with van der Waals surface area (Å²) in [5, 5.41) is 3.16. The van der Waals surface area contributed by atoms with Gasteiger partial charge in [0.2, 0.25) is 0 Å². The fourth-order valence-electron chi connectivity index (χ4n) is 0.461.